The first kappa shape index (κ1) is 29.5. The topological polar surface area (TPSA) is 208 Å². The van der Waals surface area contributed by atoms with E-state index in [-0.39, 0.29) is 24.7 Å². The number of carbonyl (C=O) groups excluding carboxylic acids is 3. The third-order valence-electron chi connectivity index (χ3n) is 6.06. The number of carbonyl (C=O) groups is 4. The normalized spacial score (nSPS) is 15.3. The number of hydrogen-bond donors (Lipinski definition) is 7. The molecule has 0 aliphatic heterocycles. The van der Waals surface area contributed by atoms with Gasteiger partial charge >= 0.3 is 5.97 Å². The zero-order valence-corrected chi connectivity index (χ0v) is 21.7. The van der Waals surface area contributed by atoms with Crippen LogP contribution in [0.25, 0.3) is 0 Å². The molecule has 0 aromatic carbocycles. The SMILES string of the molecule is CCC(C)C(NC(=O)C(Cc1cnc[nH]1)NC(=O)C(CC(C)C)NC(=O)C(N)Cc1cnc[nH]1)C(=O)O. The number of nitrogens with two attached hydrogens (primary N) is 1. The maximum atomic E-state index is 13.3. The average molecular weight is 519 g/mol. The number of rotatable bonds is 15. The van der Waals surface area contributed by atoms with Gasteiger partial charge in [0.25, 0.3) is 0 Å². The molecule has 0 radical (unpaired) electrons. The Hall–Kier alpha value is -3.74. The molecule has 5 atom stereocenters. The van der Waals surface area contributed by atoms with Crippen molar-refractivity contribution in [2.75, 3.05) is 0 Å². The van der Waals surface area contributed by atoms with Gasteiger partial charge in [-0.2, -0.15) is 0 Å². The van der Waals surface area contributed by atoms with E-state index >= 15 is 0 Å². The van der Waals surface area contributed by atoms with Gasteiger partial charge in [-0.3, -0.25) is 14.4 Å². The fraction of sp³-hybridized carbons (Fsp3) is 0.583. The van der Waals surface area contributed by atoms with Gasteiger partial charge in [-0.05, 0) is 18.3 Å². The minimum absolute atomic E-state index is 0.0431. The van der Waals surface area contributed by atoms with E-state index in [0.717, 1.165) is 0 Å². The lowest BCUT2D eigenvalue weighted by molar-refractivity contribution is -0.143. The third-order valence-corrected chi connectivity index (χ3v) is 6.06. The summed E-state index contributed by atoms with van der Waals surface area (Å²) in [7, 11) is 0. The van der Waals surface area contributed by atoms with E-state index in [1.807, 2.05) is 20.8 Å². The molecular formula is C24H38N8O5. The van der Waals surface area contributed by atoms with Crippen LogP contribution in [-0.2, 0) is 32.0 Å². The fourth-order valence-electron chi connectivity index (χ4n) is 3.74. The number of H-pyrrole nitrogens is 2. The second-order valence-corrected chi connectivity index (χ2v) is 9.63. The summed E-state index contributed by atoms with van der Waals surface area (Å²) >= 11 is 0. The van der Waals surface area contributed by atoms with Crippen LogP contribution in [0.1, 0.15) is 51.9 Å². The van der Waals surface area contributed by atoms with Crippen molar-refractivity contribution in [3.63, 3.8) is 0 Å². The number of hydrogen-bond acceptors (Lipinski definition) is 7. The van der Waals surface area contributed by atoms with E-state index in [1.165, 1.54) is 18.9 Å². The standard InChI is InChI=1S/C24H38N8O5/c1-5-14(4)20(24(36)37)32-23(35)19(8-16-10-27-12-29-16)31-22(34)18(6-13(2)3)30-21(33)17(25)7-15-9-26-11-28-15/h9-14,17-20H,5-8,25H2,1-4H3,(H,26,28)(H,27,29)(H,30,33)(H,31,34)(H,32,35)(H,36,37). The van der Waals surface area contributed by atoms with Gasteiger partial charge in [0.1, 0.15) is 18.1 Å². The number of carboxylic acid groups (broad SMARTS) is 1. The quantitative estimate of drug-likeness (QED) is 0.169. The van der Waals surface area contributed by atoms with E-state index in [9.17, 15) is 24.3 Å². The minimum atomic E-state index is -1.16. The molecule has 0 fully saturated rings. The van der Waals surface area contributed by atoms with Crippen LogP contribution in [0, 0.1) is 11.8 Å². The van der Waals surface area contributed by atoms with E-state index in [1.54, 1.807) is 13.1 Å². The van der Waals surface area contributed by atoms with Crippen LogP contribution in [0.5, 0.6) is 0 Å². The summed E-state index contributed by atoms with van der Waals surface area (Å²) in [5, 5.41) is 17.5. The van der Waals surface area contributed by atoms with Gasteiger partial charge in [0.2, 0.25) is 17.7 Å². The van der Waals surface area contributed by atoms with Crippen molar-refractivity contribution >= 4 is 23.7 Å². The maximum absolute atomic E-state index is 13.3. The van der Waals surface area contributed by atoms with Crippen molar-refractivity contribution in [3.8, 4) is 0 Å². The fourth-order valence-corrected chi connectivity index (χ4v) is 3.74. The molecule has 37 heavy (non-hydrogen) atoms. The average Bonchev–Trinajstić information content (AvgIpc) is 3.54. The number of amides is 3. The van der Waals surface area contributed by atoms with Gasteiger partial charge in [-0.15, -0.1) is 0 Å². The first-order valence-electron chi connectivity index (χ1n) is 12.4. The lowest BCUT2D eigenvalue weighted by Gasteiger charge is -2.27. The number of nitrogens with zero attached hydrogens (tertiary/aromatic N) is 2. The lowest BCUT2D eigenvalue weighted by atomic mass is 9.98. The van der Waals surface area contributed by atoms with Gasteiger partial charge in [-0.1, -0.05) is 34.1 Å². The predicted octanol–water partition coefficient (Wildman–Crippen LogP) is -0.123. The van der Waals surface area contributed by atoms with Crippen molar-refractivity contribution in [3.05, 3.63) is 36.4 Å². The highest BCUT2D eigenvalue weighted by atomic mass is 16.4. The Morgan fingerprint density at radius 2 is 1.43 bits per heavy atom. The van der Waals surface area contributed by atoms with Crippen LogP contribution in [0.2, 0.25) is 0 Å². The molecule has 0 saturated carbocycles. The molecule has 2 aromatic heterocycles. The Balaban J connectivity index is 2.17. The van der Waals surface area contributed by atoms with Gasteiger partial charge < -0.3 is 36.8 Å². The molecule has 204 valence electrons. The minimum Gasteiger partial charge on any atom is -0.480 e. The van der Waals surface area contributed by atoms with Crippen molar-refractivity contribution in [2.24, 2.45) is 17.6 Å². The van der Waals surface area contributed by atoms with E-state index in [4.69, 9.17) is 5.73 Å². The number of carboxylic acids is 1. The molecule has 13 nitrogen and oxygen atoms in total. The molecule has 0 spiro atoms. The molecule has 0 aliphatic carbocycles. The highest BCUT2D eigenvalue weighted by molar-refractivity contribution is 5.94. The lowest BCUT2D eigenvalue weighted by Crippen LogP contribution is -2.58. The van der Waals surface area contributed by atoms with E-state index < -0.39 is 47.9 Å². The zero-order valence-electron chi connectivity index (χ0n) is 21.7. The van der Waals surface area contributed by atoms with Crippen molar-refractivity contribution in [1.82, 2.24) is 35.9 Å². The third kappa shape index (κ3) is 9.33. The summed E-state index contributed by atoms with van der Waals surface area (Å²) in [4.78, 5) is 64.6. The van der Waals surface area contributed by atoms with Gasteiger partial charge in [0.05, 0.1) is 18.7 Å². The van der Waals surface area contributed by atoms with Gasteiger partial charge in [0, 0.05) is 36.6 Å². The molecule has 0 aliphatic rings. The summed E-state index contributed by atoms with van der Waals surface area (Å²) in [5.74, 6) is -3.19. The number of imidazole rings is 2. The Morgan fingerprint density at radius 1 is 0.892 bits per heavy atom. The highest BCUT2D eigenvalue weighted by Gasteiger charge is 2.32. The first-order chi connectivity index (χ1) is 17.5. The van der Waals surface area contributed by atoms with Crippen LogP contribution in [0.15, 0.2) is 25.0 Å². The van der Waals surface area contributed by atoms with Crippen LogP contribution in [0.3, 0.4) is 0 Å². The summed E-state index contributed by atoms with van der Waals surface area (Å²) < 4.78 is 0. The van der Waals surface area contributed by atoms with Crippen LogP contribution in [0.4, 0.5) is 0 Å². The largest absolute Gasteiger partial charge is 0.480 e. The predicted molar refractivity (Wildman–Crippen MR) is 135 cm³/mol. The summed E-state index contributed by atoms with van der Waals surface area (Å²) in [6, 6.07) is -4.10. The van der Waals surface area contributed by atoms with Crippen LogP contribution < -0.4 is 21.7 Å². The van der Waals surface area contributed by atoms with Crippen LogP contribution >= 0.6 is 0 Å². The highest BCUT2D eigenvalue weighted by Crippen LogP contribution is 2.11. The van der Waals surface area contributed by atoms with Crippen molar-refractivity contribution < 1.29 is 24.3 Å². The van der Waals surface area contributed by atoms with Crippen LogP contribution in [-0.4, -0.2) is 72.9 Å². The van der Waals surface area contributed by atoms with E-state index in [0.29, 0.717) is 24.2 Å². The van der Waals surface area contributed by atoms with E-state index in [2.05, 4.69) is 35.9 Å². The zero-order chi connectivity index (χ0) is 27.5. The van der Waals surface area contributed by atoms with Gasteiger partial charge in [-0.25, -0.2) is 14.8 Å². The summed E-state index contributed by atoms with van der Waals surface area (Å²) in [6.07, 6.45) is 7.09. The Labute approximate surface area is 215 Å². The smallest absolute Gasteiger partial charge is 0.326 e. The molecule has 5 unspecified atom stereocenters. The maximum Gasteiger partial charge on any atom is 0.326 e. The van der Waals surface area contributed by atoms with Crippen molar-refractivity contribution in [2.45, 2.75) is 77.5 Å². The van der Waals surface area contributed by atoms with Crippen molar-refractivity contribution in [1.29, 1.82) is 0 Å². The Morgan fingerprint density at radius 3 is 1.92 bits per heavy atom. The molecule has 3 amide bonds. The molecule has 2 rings (SSSR count). The Kier molecular flexibility index (Phi) is 11.2. The molecule has 13 heteroatoms. The molecule has 0 saturated heterocycles. The molecular weight excluding hydrogens is 480 g/mol. The van der Waals surface area contributed by atoms with Gasteiger partial charge in [0.15, 0.2) is 0 Å². The molecule has 0 bridgehead atoms. The number of aliphatic carboxylic acids is 1. The summed E-state index contributed by atoms with van der Waals surface area (Å²) in [5.41, 5.74) is 7.28. The second kappa shape index (κ2) is 14.1. The number of nitrogens with one attached hydrogen (secondary N) is 5. The molecule has 8 N–H and O–H groups in total. The monoisotopic (exact) mass is 518 g/mol. The summed E-state index contributed by atoms with van der Waals surface area (Å²) in [6.45, 7) is 7.35. The molecule has 2 aromatic rings. The Bertz CT molecular complexity index is 1010. The first-order valence-corrected chi connectivity index (χ1v) is 12.4. The molecule has 2 heterocycles. The number of aromatic nitrogens is 4. The number of aromatic amines is 2. The second-order valence-electron chi connectivity index (χ2n) is 9.63.